The first-order valence-corrected chi connectivity index (χ1v) is 7.32. The van der Waals surface area contributed by atoms with Gasteiger partial charge in [0.05, 0.1) is 4.90 Å². The molecule has 0 spiro atoms. The largest absolute Gasteiger partial charge is 0.396 e. The minimum absolute atomic E-state index is 0.121. The summed E-state index contributed by atoms with van der Waals surface area (Å²) in [5.74, 6) is -2.29. The van der Waals surface area contributed by atoms with Gasteiger partial charge in [-0.1, -0.05) is 0 Å². The Labute approximate surface area is 111 Å². The van der Waals surface area contributed by atoms with Crippen LogP contribution in [0.2, 0.25) is 0 Å². The molecule has 0 aliphatic rings. The Bertz CT molecular complexity index is 532. The van der Waals surface area contributed by atoms with Gasteiger partial charge in [0.2, 0.25) is 10.0 Å². The van der Waals surface area contributed by atoms with E-state index in [1.807, 2.05) is 0 Å². The molecule has 1 rings (SSSR count). The molecular weight excluding hydrogens is 276 g/mol. The van der Waals surface area contributed by atoms with Gasteiger partial charge in [-0.2, -0.15) is 4.31 Å². The summed E-state index contributed by atoms with van der Waals surface area (Å²) in [5.41, 5.74) is 0. The number of sulfonamides is 1. The van der Waals surface area contributed by atoms with Gasteiger partial charge in [-0.15, -0.1) is 0 Å². The summed E-state index contributed by atoms with van der Waals surface area (Å²) in [6.07, 6.45) is 0.279. The number of aliphatic hydroxyl groups excluding tert-OH is 1. The second kappa shape index (κ2) is 6.40. The van der Waals surface area contributed by atoms with Crippen molar-refractivity contribution in [1.29, 1.82) is 0 Å². The fourth-order valence-corrected chi connectivity index (χ4v) is 3.34. The van der Waals surface area contributed by atoms with Gasteiger partial charge in [-0.3, -0.25) is 0 Å². The van der Waals surface area contributed by atoms with E-state index in [-0.39, 0.29) is 30.5 Å². The first kappa shape index (κ1) is 16.0. The van der Waals surface area contributed by atoms with Crippen molar-refractivity contribution in [2.75, 3.05) is 13.2 Å². The fourth-order valence-electron chi connectivity index (χ4n) is 1.66. The van der Waals surface area contributed by atoms with Crippen LogP contribution in [0.25, 0.3) is 0 Å². The topological polar surface area (TPSA) is 57.6 Å². The molecule has 0 aliphatic carbocycles. The Hall–Kier alpha value is -1.05. The molecule has 4 nitrogen and oxygen atoms in total. The lowest BCUT2D eigenvalue weighted by Crippen LogP contribution is -2.38. The van der Waals surface area contributed by atoms with Crippen molar-refractivity contribution in [3.63, 3.8) is 0 Å². The second-order valence-electron chi connectivity index (χ2n) is 4.36. The molecule has 19 heavy (non-hydrogen) atoms. The van der Waals surface area contributed by atoms with Gasteiger partial charge in [-0.25, -0.2) is 17.2 Å². The average molecular weight is 293 g/mol. The van der Waals surface area contributed by atoms with Crippen molar-refractivity contribution >= 4 is 10.0 Å². The number of benzene rings is 1. The third kappa shape index (κ3) is 3.71. The first-order chi connectivity index (χ1) is 8.80. The van der Waals surface area contributed by atoms with Crippen molar-refractivity contribution in [3.8, 4) is 0 Å². The fraction of sp³-hybridized carbons (Fsp3) is 0.500. The van der Waals surface area contributed by atoms with E-state index in [0.29, 0.717) is 6.07 Å². The standard InChI is InChI=1S/C12H17F2NO3S/c1-9(2)15(6-3-7-16)19(17,18)10-4-5-11(13)12(14)8-10/h4-5,8-9,16H,3,6-7H2,1-2H3. The molecule has 0 aromatic heterocycles. The van der Waals surface area contributed by atoms with Crippen LogP contribution in [0.5, 0.6) is 0 Å². The van der Waals surface area contributed by atoms with Crippen LogP contribution in [0.1, 0.15) is 20.3 Å². The van der Waals surface area contributed by atoms with Gasteiger partial charge >= 0.3 is 0 Å². The molecule has 1 N–H and O–H groups in total. The average Bonchev–Trinajstić information content (AvgIpc) is 2.32. The highest BCUT2D eigenvalue weighted by Crippen LogP contribution is 2.20. The summed E-state index contributed by atoms with van der Waals surface area (Å²) in [7, 11) is -3.90. The maximum atomic E-state index is 13.1. The molecule has 0 radical (unpaired) electrons. The maximum absolute atomic E-state index is 13.1. The van der Waals surface area contributed by atoms with E-state index in [2.05, 4.69) is 0 Å². The molecule has 0 atom stereocenters. The normalized spacial score (nSPS) is 12.4. The van der Waals surface area contributed by atoms with Crippen LogP contribution in [-0.4, -0.2) is 37.0 Å². The molecule has 1 aromatic carbocycles. The molecule has 7 heteroatoms. The third-order valence-electron chi connectivity index (χ3n) is 2.61. The van der Waals surface area contributed by atoms with Crippen LogP contribution < -0.4 is 0 Å². The van der Waals surface area contributed by atoms with Gasteiger partial charge in [0.25, 0.3) is 0 Å². The number of rotatable bonds is 6. The Morgan fingerprint density at radius 2 is 1.89 bits per heavy atom. The predicted octanol–water partition coefficient (Wildman–Crippen LogP) is 1.75. The lowest BCUT2D eigenvalue weighted by Gasteiger charge is -2.25. The van der Waals surface area contributed by atoms with E-state index in [9.17, 15) is 17.2 Å². The number of hydrogen-bond acceptors (Lipinski definition) is 3. The van der Waals surface area contributed by atoms with E-state index in [1.54, 1.807) is 13.8 Å². The molecule has 0 saturated carbocycles. The Morgan fingerprint density at radius 3 is 2.37 bits per heavy atom. The number of hydrogen-bond donors (Lipinski definition) is 1. The van der Waals surface area contributed by atoms with E-state index in [4.69, 9.17) is 5.11 Å². The highest BCUT2D eigenvalue weighted by atomic mass is 32.2. The molecule has 0 bridgehead atoms. The van der Waals surface area contributed by atoms with Crippen LogP contribution in [0.15, 0.2) is 23.1 Å². The van der Waals surface area contributed by atoms with Crippen molar-refractivity contribution in [1.82, 2.24) is 4.31 Å². The maximum Gasteiger partial charge on any atom is 0.243 e. The third-order valence-corrected chi connectivity index (χ3v) is 4.68. The molecule has 0 heterocycles. The Morgan fingerprint density at radius 1 is 1.26 bits per heavy atom. The minimum atomic E-state index is -3.90. The van der Waals surface area contributed by atoms with E-state index in [1.165, 1.54) is 0 Å². The first-order valence-electron chi connectivity index (χ1n) is 5.88. The monoisotopic (exact) mass is 293 g/mol. The van der Waals surface area contributed by atoms with Crippen molar-refractivity contribution in [2.24, 2.45) is 0 Å². The zero-order valence-electron chi connectivity index (χ0n) is 10.8. The van der Waals surface area contributed by atoms with Gasteiger partial charge in [0, 0.05) is 19.2 Å². The molecule has 0 aliphatic heterocycles. The van der Waals surface area contributed by atoms with Crippen LogP contribution in [0.4, 0.5) is 8.78 Å². The number of nitrogens with zero attached hydrogens (tertiary/aromatic N) is 1. The summed E-state index contributed by atoms with van der Waals surface area (Å²) < 4.78 is 51.7. The summed E-state index contributed by atoms with van der Waals surface area (Å²) in [4.78, 5) is -0.293. The molecule has 0 unspecified atom stereocenters. The van der Waals surface area contributed by atoms with Crippen LogP contribution in [0.3, 0.4) is 0 Å². The summed E-state index contributed by atoms with van der Waals surface area (Å²) in [6.45, 7) is 3.33. The minimum Gasteiger partial charge on any atom is -0.396 e. The smallest absolute Gasteiger partial charge is 0.243 e. The number of aliphatic hydroxyl groups is 1. The number of halogens is 2. The quantitative estimate of drug-likeness (QED) is 0.869. The lowest BCUT2D eigenvalue weighted by atomic mass is 10.3. The van der Waals surface area contributed by atoms with Crippen LogP contribution in [0, 0.1) is 11.6 Å². The molecule has 0 amide bonds. The van der Waals surface area contributed by atoms with E-state index < -0.39 is 21.7 Å². The summed E-state index contributed by atoms with van der Waals surface area (Å²) in [6, 6.07) is 2.14. The van der Waals surface area contributed by atoms with Crippen molar-refractivity contribution < 1.29 is 22.3 Å². The predicted molar refractivity (Wildman–Crippen MR) is 67.1 cm³/mol. The lowest BCUT2D eigenvalue weighted by molar-refractivity contribution is 0.258. The van der Waals surface area contributed by atoms with Crippen LogP contribution >= 0.6 is 0 Å². The van der Waals surface area contributed by atoms with Gasteiger partial charge in [-0.05, 0) is 38.5 Å². The van der Waals surface area contributed by atoms with E-state index >= 15 is 0 Å². The Kier molecular flexibility index (Phi) is 5.39. The summed E-state index contributed by atoms with van der Waals surface area (Å²) >= 11 is 0. The highest BCUT2D eigenvalue weighted by Gasteiger charge is 2.27. The molecular formula is C12H17F2NO3S. The highest BCUT2D eigenvalue weighted by molar-refractivity contribution is 7.89. The molecule has 0 fully saturated rings. The summed E-state index contributed by atoms with van der Waals surface area (Å²) in [5, 5.41) is 8.78. The van der Waals surface area contributed by atoms with Gasteiger partial charge < -0.3 is 5.11 Å². The van der Waals surface area contributed by atoms with Gasteiger partial charge in [0.15, 0.2) is 11.6 Å². The molecule has 0 saturated heterocycles. The zero-order valence-corrected chi connectivity index (χ0v) is 11.6. The second-order valence-corrected chi connectivity index (χ2v) is 6.25. The molecule has 108 valence electrons. The van der Waals surface area contributed by atoms with E-state index in [0.717, 1.165) is 16.4 Å². The zero-order chi connectivity index (χ0) is 14.6. The van der Waals surface area contributed by atoms with Crippen LogP contribution in [-0.2, 0) is 10.0 Å². The SMILES string of the molecule is CC(C)N(CCCO)S(=O)(=O)c1ccc(F)c(F)c1. The van der Waals surface area contributed by atoms with Gasteiger partial charge in [0.1, 0.15) is 0 Å². The Balaban J connectivity index is 3.15. The van der Waals surface area contributed by atoms with Crippen molar-refractivity contribution in [2.45, 2.75) is 31.2 Å². The molecule has 1 aromatic rings. The van der Waals surface area contributed by atoms with Crippen molar-refractivity contribution in [3.05, 3.63) is 29.8 Å².